The Labute approximate surface area is 78.3 Å². The number of hydrogen-bond acceptors (Lipinski definition) is 1. The van der Waals surface area contributed by atoms with Gasteiger partial charge in [0.05, 0.1) is 6.10 Å². The van der Waals surface area contributed by atoms with Crippen molar-refractivity contribution in [3.05, 3.63) is 0 Å². The van der Waals surface area contributed by atoms with E-state index in [1.807, 2.05) is 0 Å². The lowest BCUT2D eigenvalue weighted by Gasteiger charge is -2.25. The fourth-order valence-corrected chi connectivity index (χ4v) is 1.34. The minimum absolute atomic E-state index is 0.172. The van der Waals surface area contributed by atoms with Crippen molar-refractivity contribution >= 4 is 15.9 Å². The van der Waals surface area contributed by atoms with Gasteiger partial charge in [-0.15, -0.1) is 0 Å². The maximum absolute atomic E-state index is 9.73. The number of halogens is 1. The van der Waals surface area contributed by atoms with E-state index in [0.29, 0.717) is 16.7 Å². The zero-order valence-corrected chi connectivity index (χ0v) is 9.43. The Hall–Kier alpha value is 0.440. The van der Waals surface area contributed by atoms with Gasteiger partial charge < -0.3 is 5.11 Å². The molecular formula is C9H19BrO. The van der Waals surface area contributed by atoms with Gasteiger partial charge in [0.25, 0.3) is 0 Å². The molecule has 1 N–H and O–H groups in total. The Morgan fingerprint density at radius 3 is 2.00 bits per heavy atom. The van der Waals surface area contributed by atoms with Crippen LogP contribution in [0.4, 0.5) is 0 Å². The first-order valence-electron chi connectivity index (χ1n) is 4.32. The summed E-state index contributed by atoms with van der Waals surface area (Å²) < 4.78 is 0. The van der Waals surface area contributed by atoms with Crippen molar-refractivity contribution in [3.63, 3.8) is 0 Å². The highest BCUT2D eigenvalue weighted by Gasteiger charge is 2.22. The van der Waals surface area contributed by atoms with E-state index >= 15 is 0 Å². The van der Waals surface area contributed by atoms with Crippen LogP contribution in [0.25, 0.3) is 0 Å². The molecule has 0 saturated carbocycles. The summed E-state index contributed by atoms with van der Waals surface area (Å²) in [6.07, 6.45) is 0.875. The zero-order chi connectivity index (χ0) is 9.02. The fraction of sp³-hybridized carbons (Fsp3) is 1.00. The lowest BCUT2D eigenvalue weighted by molar-refractivity contribution is 0.0646. The van der Waals surface area contributed by atoms with Crippen molar-refractivity contribution in [1.82, 2.24) is 0 Å². The molecule has 0 heterocycles. The second-order valence-electron chi connectivity index (χ2n) is 3.41. The van der Waals surface area contributed by atoms with Crippen LogP contribution >= 0.6 is 15.9 Å². The Balaban J connectivity index is 3.90. The third-order valence-corrected chi connectivity index (χ3v) is 3.32. The van der Waals surface area contributed by atoms with Crippen LogP contribution in [0.15, 0.2) is 0 Å². The van der Waals surface area contributed by atoms with Gasteiger partial charge in [0.15, 0.2) is 0 Å². The molecule has 1 nitrogen and oxygen atoms in total. The summed E-state index contributed by atoms with van der Waals surface area (Å²) >= 11 is 3.48. The molecule has 0 aromatic heterocycles. The standard InChI is InChI=1S/C9H19BrO/c1-5-6(2)9(11)7(3)8(4)10/h6-9,11H,5H2,1-4H3. The molecule has 0 saturated heterocycles. The maximum Gasteiger partial charge on any atom is 0.0601 e. The molecule has 0 aromatic rings. The Bertz CT molecular complexity index is 104. The monoisotopic (exact) mass is 222 g/mol. The van der Waals surface area contributed by atoms with Gasteiger partial charge in [0.1, 0.15) is 0 Å². The van der Waals surface area contributed by atoms with E-state index < -0.39 is 0 Å². The minimum atomic E-state index is -0.172. The van der Waals surface area contributed by atoms with Crippen LogP contribution in [0.5, 0.6) is 0 Å². The van der Waals surface area contributed by atoms with Gasteiger partial charge in [-0.1, -0.05) is 50.0 Å². The third kappa shape index (κ3) is 3.57. The van der Waals surface area contributed by atoms with Gasteiger partial charge >= 0.3 is 0 Å². The average molecular weight is 223 g/mol. The van der Waals surface area contributed by atoms with Crippen molar-refractivity contribution in [2.24, 2.45) is 11.8 Å². The van der Waals surface area contributed by atoms with Gasteiger partial charge in [-0.05, 0) is 11.8 Å². The fourth-order valence-electron chi connectivity index (χ4n) is 1.03. The Morgan fingerprint density at radius 2 is 1.73 bits per heavy atom. The molecule has 0 bridgehead atoms. The second-order valence-corrected chi connectivity index (χ2v) is 4.86. The van der Waals surface area contributed by atoms with Gasteiger partial charge in [-0.2, -0.15) is 0 Å². The highest BCUT2D eigenvalue weighted by molar-refractivity contribution is 9.09. The first-order chi connectivity index (χ1) is 5.00. The lowest BCUT2D eigenvalue weighted by Crippen LogP contribution is -2.29. The molecule has 0 aliphatic carbocycles. The van der Waals surface area contributed by atoms with Gasteiger partial charge in [-0.25, -0.2) is 0 Å². The normalized spacial score (nSPS) is 22.4. The number of aliphatic hydroxyl groups excluding tert-OH is 1. The molecule has 11 heavy (non-hydrogen) atoms. The summed E-state index contributed by atoms with van der Waals surface area (Å²) in [6, 6.07) is 0. The van der Waals surface area contributed by atoms with E-state index in [2.05, 4.69) is 43.6 Å². The predicted molar refractivity (Wildman–Crippen MR) is 53.0 cm³/mol. The topological polar surface area (TPSA) is 20.2 Å². The van der Waals surface area contributed by atoms with Crippen LogP contribution in [0.3, 0.4) is 0 Å². The Kier molecular flexibility index (Phi) is 5.36. The molecule has 0 fully saturated rings. The largest absolute Gasteiger partial charge is 0.393 e. The molecule has 0 aromatic carbocycles. The number of hydrogen-bond donors (Lipinski definition) is 1. The van der Waals surface area contributed by atoms with E-state index in [1.54, 1.807) is 0 Å². The zero-order valence-electron chi connectivity index (χ0n) is 7.84. The summed E-state index contributed by atoms with van der Waals surface area (Å²) in [4.78, 5) is 0.395. The molecule has 68 valence electrons. The van der Waals surface area contributed by atoms with E-state index in [0.717, 1.165) is 6.42 Å². The second kappa shape index (κ2) is 5.15. The molecule has 0 spiro atoms. The van der Waals surface area contributed by atoms with Crippen LogP contribution in [0, 0.1) is 11.8 Å². The molecule has 0 rings (SSSR count). The van der Waals surface area contributed by atoms with E-state index in [-0.39, 0.29) is 6.10 Å². The van der Waals surface area contributed by atoms with Crippen molar-refractivity contribution in [2.75, 3.05) is 0 Å². The molecule has 0 aliphatic heterocycles. The van der Waals surface area contributed by atoms with Gasteiger partial charge in [0.2, 0.25) is 0 Å². The maximum atomic E-state index is 9.73. The van der Waals surface area contributed by atoms with Crippen LogP contribution in [0.2, 0.25) is 0 Å². The lowest BCUT2D eigenvalue weighted by atomic mass is 9.90. The summed E-state index contributed by atoms with van der Waals surface area (Å²) in [5.41, 5.74) is 0. The SMILES string of the molecule is CCC(C)C(O)C(C)C(C)Br. The highest BCUT2D eigenvalue weighted by Crippen LogP contribution is 2.22. The average Bonchev–Trinajstić information content (AvgIpc) is 2.00. The third-order valence-electron chi connectivity index (χ3n) is 2.49. The van der Waals surface area contributed by atoms with Crippen molar-refractivity contribution in [1.29, 1.82) is 0 Å². The van der Waals surface area contributed by atoms with Crippen LogP contribution in [-0.4, -0.2) is 16.0 Å². The van der Waals surface area contributed by atoms with E-state index in [9.17, 15) is 5.11 Å². The molecule has 4 unspecified atom stereocenters. The molecule has 0 amide bonds. The quantitative estimate of drug-likeness (QED) is 0.726. The molecular weight excluding hydrogens is 204 g/mol. The number of alkyl halides is 1. The summed E-state index contributed by atoms with van der Waals surface area (Å²) in [5.74, 6) is 0.745. The van der Waals surface area contributed by atoms with Crippen LogP contribution in [0.1, 0.15) is 34.1 Å². The van der Waals surface area contributed by atoms with E-state index in [1.165, 1.54) is 0 Å². The molecule has 2 heteroatoms. The predicted octanol–water partition coefficient (Wildman–Crippen LogP) is 2.81. The first kappa shape index (κ1) is 11.4. The number of rotatable bonds is 4. The smallest absolute Gasteiger partial charge is 0.0601 e. The Morgan fingerprint density at radius 1 is 1.27 bits per heavy atom. The minimum Gasteiger partial charge on any atom is -0.393 e. The summed E-state index contributed by atoms with van der Waals surface area (Å²) in [6.45, 7) is 8.36. The molecule has 0 aliphatic rings. The van der Waals surface area contributed by atoms with Crippen molar-refractivity contribution < 1.29 is 5.11 Å². The number of aliphatic hydroxyl groups is 1. The van der Waals surface area contributed by atoms with Crippen LogP contribution < -0.4 is 0 Å². The van der Waals surface area contributed by atoms with Crippen molar-refractivity contribution in [2.45, 2.75) is 45.0 Å². The van der Waals surface area contributed by atoms with E-state index in [4.69, 9.17) is 0 Å². The van der Waals surface area contributed by atoms with Gasteiger partial charge in [-0.3, -0.25) is 0 Å². The molecule has 4 atom stereocenters. The van der Waals surface area contributed by atoms with Crippen LogP contribution in [-0.2, 0) is 0 Å². The molecule has 0 radical (unpaired) electrons. The first-order valence-corrected chi connectivity index (χ1v) is 5.24. The summed E-state index contributed by atoms with van der Waals surface area (Å²) in [5, 5.41) is 9.73. The van der Waals surface area contributed by atoms with Crippen molar-refractivity contribution in [3.8, 4) is 0 Å². The van der Waals surface area contributed by atoms with Gasteiger partial charge in [0, 0.05) is 4.83 Å². The summed E-state index contributed by atoms with van der Waals surface area (Å²) in [7, 11) is 0. The highest BCUT2D eigenvalue weighted by atomic mass is 79.9.